The van der Waals surface area contributed by atoms with Crippen molar-refractivity contribution in [2.75, 3.05) is 0 Å². The summed E-state index contributed by atoms with van der Waals surface area (Å²) in [6.07, 6.45) is 0. The first-order valence-electron chi connectivity index (χ1n) is 18.4. The maximum Gasteiger partial charge on any atom is 0.164 e. The van der Waals surface area contributed by atoms with Crippen molar-refractivity contribution in [3.63, 3.8) is 0 Å². The Kier molecular flexibility index (Phi) is 8.41. The summed E-state index contributed by atoms with van der Waals surface area (Å²) in [5, 5.41) is 5.26. The van der Waals surface area contributed by atoms with E-state index in [1.807, 2.05) is 47.7 Å². The van der Waals surface area contributed by atoms with Crippen molar-refractivity contribution in [1.29, 1.82) is 0 Å². The van der Waals surface area contributed by atoms with E-state index < -0.39 is 0 Å². The Morgan fingerprint density at radius 2 is 0.925 bits per heavy atom. The molecule has 9 rings (SSSR count). The quantitative estimate of drug-likeness (QED) is 0.166. The molecular formula is C49H39N3S. The summed E-state index contributed by atoms with van der Waals surface area (Å²) < 4.78 is 2.65. The topological polar surface area (TPSA) is 38.7 Å². The van der Waals surface area contributed by atoms with Crippen LogP contribution in [0.2, 0.25) is 0 Å². The molecule has 0 unspecified atom stereocenters. The molecule has 256 valence electrons. The molecule has 0 spiro atoms. The van der Waals surface area contributed by atoms with Crippen molar-refractivity contribution in [3.05, 3.63) is 163 Å². The van der Waals surface area contributed by atoms with Crippen LogP contribution in [-0.2, 0) is 0 Å². The Bertz CT molecular complexity index is 2720. The van der Waals surface area contributed by atoms with Crippen LogP contribution in [0.3, 0.4) is 0 Å². The highest BCUT2D eigenvalue weighted by Crippen LogP contribution is 2.44. The lowest BCUT2D eigenvalue weighted by Crippen LogP contribution is -2.01. The zero-order chi connectivity index (χ0) is 36.1. The summed E-state index contributed by atoms with van der Waals surface area (Å²) >= 11 is 1.90. The van der Waals surface area contributed by atoms with E-state index in [0.717, 1.165) is 22.3 Å². The third-order valence-electron chi connectivity index (χ3n) is 10.2. The number of hydrogen-bond donors (Lipinski definition) is 0. The van der Waals surface area contributed by atoms with E-state index in [-0.39, 0.29) is 0 Å². The molecule has 0 atom stereocenters. The van der Waals surface area contributed by atoms with Crippen LogP contribution in [0.5, 0.6) is 0 Å². The second-order valence-corrected chi connectivity index (χ2v) is 15.5. The molecule has 0 aliphatic rings. The van der Waals surface area contributed by atoms with Gasteiger partial charge < -0.3 is 0 Å². The molecule has 2 aromatic heterocycles. The van der Waals surface area contributed by atoms with Gasteiger partial charge in [-0.2, -0.15) is 0 Å². The van der Waals surface area contributed by atoms with Gasteiger partial charge in [0.15, 0.2) is 17.5 Å². The third-order valence-corrected chi connectivity index (χ3v) is 11.4. The van der Waals surface area contributed by atoms with Gasteiger partial charge in [0, 0.05) is 36.9 Å². The molecule has 0 fully saturated rings. The fourth-order valence-corrected chi connectivity index (χ4v) is 8.57. The monoisotopic (exact) mass is 701 g/mol. The minimum Gasteiger partial charge on any atom is -0.208 e. The molecule has 0 aliphatic carbocycles. The van der Waals surface area contributed by atoms with Gasteiger partial charge in [0.1, 0.15) is 0 Å². The van der Waals surface area contributed by atoms with Gasteiger partial charge in [-0.3, -0.25) is 0 Å². The molecule has 0 saturated heterocycles. The molecule has 7 aromatic carbocycles. The highest BCUT2D eigenvalue weighted by atomic mass is 32.1. The molecule has 0 amide bonds. The van der Waals surface area contributed by atoms with Crippen molar-refractivity contribution in [3.8, 4) is 56.4 Å². The second-order valence-electron chi connectivity index (χ2n) is 14.5. The lowest BCUT2D eigenvalue weighted by Gasteiger charge is -2.16. The third kappa shape index (κ3) is 6.19. The first-order chi connectivity index (χ1) is 25.9. The van der Waals surface area contributed by atoms with Crippen LogP contribution in [-0.4, -0.2) is 15.0 Å². The van der Waals surface area contributed by atoms with Crippen molar-refractivity contribution >= 4 is 42.3 Å². The number of thiophene rings is 1. The molecule has 3 nitrogen and oxygen atoms in total. The largest absolute Gasteiger partial charge is 0.208 e. The van der Waals surface area contributed by atoms with Crippen LogP contribution in [0.1, 0.15) is 50.7 Å². The van der Waals surface area contributed by atoms with Gasteiger partial charge in [-0.1, -0.05) is 155 Å². The Balaban J connectivity index is 1.24. The summed E-state index contributed by atoms with van der Waals surface area (Å²) in [7, 11) is 0. The Morgan fingerprint density at radius 3 is 1.55 bits per heavy atom. The SMILES string of the molecule is CC(C)c1cc(-c2cc(-c3cccc4c3sc3ccc5ccccc5c34)cc(C(C)C)c2)cc(-c2nc(-c3ccccc3)nc(-c3ccccc3)n2)c1. The first-order valence-corrected chi connectivity index (χ1v) is 19.2. The van der Waals surface area contributed by atoms with Crippen LogP contribution in [0.4, 0.5) is 0 Å². The average molecular weight is 702 g/mol. The van der Waals surface area contributed by atoms with Gasteiger partial charge >= 0.3 is 0 Å². The molecule has 0 bridgehead atoms. The van der Waals surface area contributed by atoms with Crippen molar-refractivity contribution < 1.29 is 0 Å². The zero-order valence-electron chi connectivity index (χ0n) is 30.3. The molecule has 0 radical (unpaired) electrons. The minimum atomic E-state index is 0.313. The van der Waals surface area contributed by atoms with Crippen molar-refractivity contribution in [1.82, 2.24) is 15.0 Å². The second kappa shape index (κ2) is 13.5. The number of benzene rings is 7. The molecule has 53 heavy (non-hydrogen) atoms. The van der Waals surface area contributed by atoms with Crippen LogP contribution < -0.4 is 0 Å². The highest BCUT2D eigenvalue weighted by Gasteiger charge is 2.18. The summed E-state index contributed by atoms with van der Waals surface area (Å²) in [4.78, 5) is 15.2. The molecule has 2 heterocycles. The van der Waals surface area contributed by atoms with E-state index in [1.54, 1.807) is 0 Å². The summed E-state index contributed by atoms with van der Waals surface area (Å²) in [6, 6.07) is 54.5. The smallest absolute Gasteiger partial charge is 0.164 e. The molecule has 0 saturated carbocycles. The Morgan fingerprint density at radius 1 is 0.415 bits per heavy atom. The molecule has 9 aromatic rings. The van der Waals surface area contributed by atoms with E-state index in [9.17, 15) is 0 Å². The van der Waals surface area contributed by atoms with Gasteiger partial charge in [-0.05, 0) is 80.3 Å². The number of hydrogen-bond acceptors (Lipinski definition) is 4. The van der Waals surface area contributed by atoms with E-state index in [2.05, 4.69) is 143 Å². The van der Waals surface area contributed by atoms with Gasteiger partial charge in [-0.15, -0.1) is 11.3 Å². The molecule has 4 heteroatoms. The predicted molar refractivity (Wildman–Crippen MR) is 226 cm³/mol. The number of aromatic nitrogens is 3. The zero-order valence-corrected chi connectivity index (χ0v) is 31.2. The van der Waals surface area contributed by atoms with Crippen molar-refractivity contribution in [2.45, 2.75) is 39.5 Å². The lowest BCUT2D eigenvalue weighted by atomic mass is 9.89. The standard InChI is InChI=1S/C49H39N3S/c1-30(2)35-24-37(28-39(26-35)42-20-13-21-43-45-41-19-12-11-14-32(41)22-23-44(45)53-46(42)43)38-25-36(31(3)4)27-40(29-38)49-51-47(33-15-7-5-8-16-33)50-48(52-49)34-17-9-6-10-18-34/h5-31H,1-4H3. The number of fused-ring (bicyclic) bond motifs is 5. The van der Waals surface area contributed by atoms with E-state index in [4.69, 9.17) is 15.0 Å². The maximum absolute atomic E-state index is 5.10. The number of rotatable bonds is 7. The average Bonchev–Trinajstić information content (AvgIpc) is 3.60. The minimum absolute atomic E-state index is 0.313. The van der Waals surface area contributed by atoms with E-state index in [1.165, 1.54) is 58.8 Å². The van der Waals surface area contributed by atoms with Gasteiger partial charge in [0.2, 0.25) is 0 Å². The Labute approximate surface area is 314 Å². The number of nitrogens with zero attached hydrogens (tertiary/aromatic N) is 3. The van der Waals surface area contributed by atoms with Crippen LogP contribution in [0.15, 0.2) is 152 Å². The van der Waals surface area contributed by atoms with Crippen molar-refractivity contribution in [2.24, 2.45) is 0 Å². The first kappa shape index (κ1) is 32.9. The van der Waals surface area contributed by atoms with Crippen LogP contribution >= 0.6 is 11.3 Å². The Hall–Kier alpha value is -5.97. The normalized spacial score (nSPS) is 11.7. The summed E-state index contributed by atoms with van der Waals surface area (Å²) in [6.45, 7) is 9.07. The van der Waals surface area contributed by atoms with E-state index in [0.29, 0.717) is 29.3 Å². The molecular weight excluding hydrogens is 663 g/mol. The van der Waals surface area contributed by atoms with Gasteiger partial charge in [0.25, 0.3) is 0 Å². The van der Waals surface area contributed by atoms with Gasteiger partial charge in [0.05, 0.1) is 0 Å². The predicted octanol–water partition coefficient (Wildman–Crippen LogP) is 14.0. The molecule has 0 aliphatic heterocycles. The fraction of sp³-hybridized carbons (Fsp3) is 0.122. The van der Waals surface area contributed by atoms with Gasteiger partial charge in [-0.25, -0.2) is 15.0 Å². The van der Waals surface area contributed by atoms with E-state index >= 15 is 0 Å². The lowest BCUT2D eigenvalue weighted by molar-refractivity contribution is 0.865. The summed E-state index contributed by atoms with van der Waals surface area (Å²) in [5.41, 5.74) is 10.3. The van der Waals surface area contributed by atoms with Crippen LogP contribution in [0, 0.1) is 0 Å². The summed E-state index contributed by atoms with van der Waals surface area (Å²) in [5.74, 6) is 2.67. The maximum atomic E-state index is 5.10. The fourth-order valence-electron chi connectivity index (χ4n) is 7.32. The highest BCUT2D eigenvalue weighted by molar-refractivity contribution is 7.26. The molecule has 0 N–H and O–H groups in total. The van der Waals surface area contributed by atoms with Crippen LogP contribution in [0.25, 0.3) is 87.4 Å².